The zero-order valence-corrected chi connectivity index (χ0v) is 36.3. The van der Waals surface area contributed by atoms with Crippen LogP contribution in [-0.2, 0) is 29.8 Å². The van der Waals surface area contributed by atoms with Crippen LogP contribution < -0.4 is 16.2 Å². The number of ether oxygens (including phenoxy) is 1. The van der Waals surface area contributed by atoms with Crippen LogP contribution in [0, 0.1) is 23.2 Å². The van der Waals surface area contributed by atoms with E-state index in [1.807, 2.05) is 30.3 Å². The number of aliphatic hydroxyl groups is 2. The average Bonchev–Trinajstić information content (AvgIpc) is 3.83. The molecule has 0 unspecified atom stereocenters. The topological polar surface area (TPSA) is 192 Å². The van der Waals surface area contributed by atoms with Crippen LogP contribution in [0.25, 0.3) is 0 Å². The molecule has 12 heteroatoms. The molecule has 0 saturated heterocycles. The third kappa shape index (κ3) is 11.1. The number of carbonyl (C=O) groups excluding carboxylic acids is 2. The molecule has 8 bridgehead atoms. The maximum absolute atomic E-state index is 14.1. The highest BCUT2D eigenvalue weighted by Gasteiger charge is 2.42. The van der Waals surface area contributed by atoms with E-state index in [1.54, 1.807) is 71.1 Å². The molecule has 322 valence electrons. The lowest BCUT2D eigenvalue weighted by atomic mass is 9.79. The van der Waals surface area contributed by atoms with Crippen molar-refractivity contribution in [3.05, 3.63) is 123 Å². The summed E-state index contributed by atoms with van der Waals surface area (Å²) >= 11 is 0. The number of H-pyrrole nitrogens is 1. The molecular formula is C49H57N3O7S2. The number of allylic oxidation sites excluding steroid dienone is 2. The summed E-state index contributed by atoms with van der Waals surface area (Å²) < 4.78 is 6.11. The summed E-state index contributed by atoms with van der Waals surface area (Å²) in [5.41, 5.74) is 19.3. The van der Waals surface area contributed by atoms with Gasteiger partial charge in [-0.1, -0.05) is 76.6 Å². The first-order valence-corrected chi connectivity index (χ1v) is 23.8. The number of nitrogens with two attached hydrogens (primary N) is 2. The summed E-state index contributed by atoms with van der Waals surface area (Å²) in [6.45, 7) is 2.02. The predicted molar refractivity (Wildman–Crippen MR) is 243 cm³/mol. The van der Waals surface area contributed by atoms with Gasteiger partial charge in [0.2, 0.25) is 0 Å². The molecular weight excluding hydrogens is 807 g/mol. The van der Waals surface area contributed by atoms with Gasteiger partial charge < -0.3 is 41.6 Å². The normalized spacial score (nSPS) is 23.4. The number of Topliss-reactive ketones (excluding diaryl/α,β-unsaturated/α-hetero) is 1. The standard InChI is InChI=1S/C49H57N3O7S2/c1-30(53)5-2-3-17-49-18-14-36(54)11-8-31-10-13-44(56)47(22-31)59-20-16-32-9-12-43(55)41(21-32)40-25-45(57)37-15-19-52-42(37)7-4-6-33-23-39(48(50)51)34(24-38(33)40)28-60-61-29-35(26-49)46(58)27-49/h9-10,12-15,18-19,21-24,30,35,40,46,48,52-53,55-56,58H,2-3,5,7-8,11,16-17,20,25-29,50-51H2,1H3/b18-14+/t30-,35-,40+,46-,49+/m0/s1. The van der Waals surface area contributed by atoms with E-state index >= 15 is 0 Å². The molecule has 2 heterocycles. The molecule has 4 aromatic rings. The van der Waals surface area contributed by atoms with E-state index in [9.17, 15) is 30.0 Å². The zero-order chi connectivity index (χ0) is 43.1. The largest absolute Gasteiger partial charge is 0.508 e. The smallest absolute Gasteiger partial charge is 0.165 e. The van der Waals surface area contributed by atoms with Crippen molar-refractivity contribution in [2.24, 2.45) is 22.8 Å². The van der Waals surface area contributed by atoms with Crippen molar-refractivity contribution in [2.75, 3.05) is 12.4 Å². The minimum Gasteiger partial charge on any atom is -0.508 e. The van der Waals surface area contributed by atoms with Crippen LogP contribution in [0.3, 0.4) is 0 Å². The van der Waals surface area contributed by atoms with E-state index in [-0.39, 0.29) is 60.0 Å². The second-order valence-corrected chi connectivity index (χ2v) is 19.5. The molecule has 2 aliphatic carbocycles. The fraction of sp³-hybridized carbons (Fsp3) is 0.429. The van der Waals surface area contributed by atoms with Gasteiger partial charge in [-0.3, -0.25) is 9.59 Å². The maximum atomic E-state index is 14.1. The fourth-order valence-electron chi connectivity index (χ4n) is 9.08. The Morgan fingerprint density at radius 2 is 1.75 bits per heavy atom. The summed E-state index contributed by atoms with van der Waals surface area (Å²) in [6, 6.07) is 16.3. The number of phenols is 2. The lowest BCUT2D eigenvalue weighted by Gasteiger charge is -2.26. The Bertz CT molecular complexity index is 2310. The zero-order valence-electron chi connectivity index (χ0n) is 34.7. The minimum absolute atomic E-state index is 0.00355. The highest BCUT2D eigenvalue weighted by atomic mass is 33.1. The summed E-state index contributed by atoms with van der Waals surface area (Å²) in [6.07, 6.45) is 10.0. The van der Waals surface area contributed by atoms with Gasteiger partial charge in [-0.15, -0.1) is 0 Å². The number of hydrogen-bond donors (Lipinski definition) is 7. The monoisotopic (exact) mass is 863 g/mol. The van der Waals surface area contributed by atoms with Crippen molar-refractivity contribution in [1.82, 2.24) is 4.98 Å². The van der Waals surface area contributed by atoms with Crippen LogP contribution in [0.15, 0.2) is 72.9 Å². The first-order valence-electron chi connectivity index (χ1n) is 21.3. The van der Waals surface area contributed by atoms with Crippen LogP contribution in [0.1, 0.15) is 125 Å². The van der Waals surface area contributed by atoms with Crippen molar-refractivity contribution in [3.63, 3.8) is 0 Å². The van der Waals surface area contributed by atoms with Gasteiger partial charge >= 0.3 is 0 Å². The fourth-order valence-corrected chi connectivity index (χ4v) is 11.6. The molecule has 1 saturated carbocycles. The second-order valence-electron chi connectivity index (χ2n) is 17.0. The average molecular weight is 864 g/mol. The highest BCUT2D eigenvalue weighted by Crippen LogP contribution is 2.49. The quantitative estimate of drug-likeness (QED) is 0.0431. The molecule has 3 aliphatic rings. The number of aromatic amines is 1. The molecule has 3 aromatic carbocycles. The van der Waals surface area contributed by atoms with Gasteiger partial charge in [0.15, 0.2) is 23.1 Å². The number of unbranched alkanes of at least 4 members (excludes halogenated alkanes) is 1. The Morgan fingerprint density at radius 1 is 0.951 bits per heavy atom. The van der Waals surface area contributed by atoms with Gasteiger partial charge in [0.1, 0.15) is 5.75 Å². The van der Waals surface area contributed by atoms with Crippen molar-refractivity contribution in [2.45, 2.75) is 108 Å². The highest BCUT2D eigenvalue weighted by molar-refractivity contribution is 8.76. The van der Waals surface area contributed by atoms with Crippen LogP contribution in [0.4, 0.5) is 0 Å². The SMILES string of the molecule is C[C@H](O)CCCC[C@@]12/C=C/C(=O)CCc3ccc(O)c(c3)OCCc3ccc(O)c(c3)[C@@H]3CC(=O)c4cc[nH]c4CC#Cc4cc(C(N)N)c(cc43)CSSC[C@H](C1)[C@@H](O)C2. The van der Waals surface area contributed by atoms with Crippen molar-refractivity contribution >= 4 is 33.2 Å². The number of aromatic hydroxyl groups is 2. The van der Waals surface area contributed by atoms with Gasteiger partial charge in [0, 0.05) is 65.3 Å². The summed E-state index contributed by atoms with van der Waals surface area (Å²) in [5, 5.41) is 43.6. The number of benzene rings is 3. The van der Waals surface area contributed by atoms with Gasteiger partial charge in [-0.25, -0.2) is 0 Å². The molecule has 9 N–H and O–H groups in total. The van der Waals surface area contributed by atoms with Gasteiger partial charge in [-0.05, 0) is 115 Å². The van der Waals surface area contributed by atoms with E-state index in [2.05, 4.69) is 16.8 Å². The van der Waals surface area contributed by atoms with Crippen molar-refractivity contribution < 1.29 is 34.8 Å². The Kier molecular flexibility index (Phi) is 14.7. The van der Waals surface area contributed by atoms with E-state index in [1.165, 1.54) is 0 Å². The third-order valence-corrected chi connectivity index (χ3v) is 14.9. The molecule has 0 radical (unpaired) electrons. The molecule has 7 rings (SSSR count). The predicted octanol–water partition coefficient (Wildman–Crippen LogP) is 7.93. The summed E-state index contributed by atoms with van der Waals surface area (Å²) in [4.78, 5) is 30.6. The summed E-state index contributed by atoms with van der Waals surface area (Å²) in [5.74, 6) is 7.62. The van der Waals surface area contributed by atoms with Gasteiger partial charge in [0.25, 0.3) is 0 Å². The van der Waals surface area contributed by atoms with Crippen molar-refractivity contribution in [3.8, 4) is 29.1 Å². The van der Waals surface area contributed by atoms with Gasteiger partial charge in [-0.2, -0.15) is 0 Å². The molecule has 61 heavy (non-hydrogen) atoms. The maximum Gasteiger partial charge on any atom is 0.165 e. The summed E-state index contributed by atoms with van der Waals surface area (Å²) in [7, 11) is 3.34. The molecule has 1 aliphatic heterocycles. The number of aliphatic hydroxyl groups excluding tert-OH is 2. The number of aryl methyl sites for hydroxylation is 1. The molecule has 5 atom stereocenters. The number of carbonyl (C=O) groups is 2. The number of fused-ring (bicyclic) bond motifs is 9. The lowest BCUT2D eigenvalue weighted by Crippen LogP contribution is -2.22. The first-order chi connectivity index (χ1) is 29.4. The molecule has 10 nitrogen and oxygen atoms in total. The van der Waals surface area contributed by atoms with Crippen LogP contribution in [-0.4, -0.2) is 61.5 Å². The first kappa shape index (κ1) is 44.6. The van der Waals surface area contributed by atoms with E-state index in [0.717, 1.165) is 59.2 Å². The van der Waals surface area contributed by atoms with E-state index in [0.29, 0.717) is 66.0 Å². The Hall–Kier alpha value is -4.48. The molecule has 1 fully saturated rings. The van der Waals surface area contributed by atoms with Crippen LogP contribution in [0.2, 0.25) is 0 Å². The number of aromatic nitrogens is 1. The van der Waals surface area contributed by atoms with E-state index < -0.39 is 18.2 Å². The van der Waals surface area contributed by atoms with Crippen LogP contribution >= 0.6 is 21.6 Å². The number of hydrogen-bond acceptors (Lipinski definition) is 11. The molecule has 0 amide bonds. The van der Waals surface area contributed by atoms with Gasteiger partial charge in [0.05, 0.1) is 31.4 Å². The number of rotatable bonds is 6. The molecule has 1 aromatic heterocycles. The Balaban J connectivity index is 1.25. The lowest BCUT2D eigenvalue weighted by molar-refractivity contribution is -0.114. The Morgan fingerprint density at radius 3 is 2.56 bits per heavy atom. The van der Waals surface area contributed by atoms with Crippen molar-refractivity contribution in [1.29, 1.82) is 0 Å². The molecule has 0 spiro atoms. The minimum atomic E-state index is -0.785. The third-order valence-electron chi connectivity index (χ3n) is 12.4. The number of ketones is 2. The second kappa shape index (κ2) is 20.1. The Labute approximate surface area is 366 Å². The number of phenolic OH excluding ortho intramolecular Hbond substituents is 2. The van der Waals surface area contributed by atoms with Crippen LogP contribution in [0.5, 0.6) is 17.2 Å². The van der Waals surface area contributed by atoms with E-state index in [4.69, 9.17) is 16.2 Å². The number of nitrogens with one attached hydrogen (secondary N) is 1.